The minimum absolute atomic E-state index is 0.237. The van der Waals surface area contributed by atoms with Gasteiger partial charge in [-0.05, 0) is 24.3 Å². The molecule has 7 heteroatoms. The normalized spacial score (nSPS) is 9.41. The maximum absolute atomic E-state index is 11.3. The molecular weight excluding hydrogens is 226 g/mol. The monoisotopic (exact) mass is 237 g/mol. The number of carbonyl (C=O) groups is 3. The van der Waals surface area contributed by atoms with Crippen molar-refractivity contribution in [3.8, 4) is 0 Å². The molecule has 0 aliphatic heterocycles. The van der Waals surface area contributed by atoms with Gasteiger partial charge < -0.3 is 21.5 Å². The van der Waals surface area contributed by atoms with Gasteiger partial charge in [-0.2, -0.15) is 0 Å². The maximum atomic E-state index is 11.3. The fourth-order valence-corrected chi connectivity index (χ4v) is 1.05. The summed E-state index contributed by atoms with van der Waals surface area (Å²) < 4.78 is 4.58. The number of nitrogens with one attached hydrogen (secondary N) is 1. The van der Waals surface area contributed by atoms with E-state index in [1.807, 2.05) is 0 Å². The lowest BCUT2D eigenvalue weighted by Crippen LogP contribution is -2.21. The van der Waals surface area contributed by atoms with Gasteiger partial charge in [-0.15, -0.1) is 0 Å². The highest BCUT2D eigenvalue weighted by atomic mass is 16.5. The molecule has 0 saturated carbocycles. The summed E-state index contributed by atoms with van der Waals surface area (Å²) in [6.45, 7) is -0.472. The number of esters is 1. The molecule has 1 aromatic rings. The highest BCUT2D eigenvalue weighted by Gasteiger charge is 2.08. The van der Waals surface area contributed by atoms with Crippen molar-refractivity contribution in [2.24, 2.45) is 11.5 Å². The first-order chi connectivity index (χ1) is 7.99. The van der Waals surface area contributed by atoms with Crippen molar-refractivity contribution in [3.05, 3.63) is 29.8 Å². The largest absolute Gasteiger partial charge is 0.452 e. The molecule has 0 saturated heterocycles. The molecule has 1 rings (SSSR count). The molecule has 0 aliphatic rings. The van der Waals surface area contributed by atoms with Gasteiger partial charge in [-0.25, -0.2) is 9.59 Å². The summed E-state index contributed by atoms with van der Waals surface area (Å²) >= 11 is 0. The van der Waals surface area contributed by atoms with Crippen LogP contribution in [0.4, 0.5) is 10.5 Å². The van der Waals surface area contributed by atoms with Crippen LogP contribution in [0.3, 0.4) is 0 Å². The Morgan fingerprint density at radius 3 is 2.18 bits per heavy atom. The average molecular weight is 237 g/mol. The van der Waals surface area contributed by atoms with Gasteiger partial charge in [0.2, 0.25) is 0 Å². The Balaban J connectivity index is 2.63. The predicted octanol–water partition coefficient (Wildman–Crippen LogP) is -0.181. The topological polar surface area (TPSA) is 125 Å². The van der Waals surface area contributed by atoms with Crippen LogP contribution >= 0.6 is 0 Å². The first-order valence-corrected chi connectivity index (χ1v) is 4.61. The van der Waals surface area contributed by atoms with E-state index in [4.69, 9.17) is 11.5 Å². The van der Waals surface area contributed by atoms with Gasteiger partial charge in [0.15, 0.2) is 6.61 Å². The zero-order chi connectivity index (χ0) is 12.8. The number of primary amides is 2. The quantitative estimate of drug-likeness (QED) is 0.628. The van der Waals surface area contributed by atoms with Crippen molar-refractivity contribution < 1.29 is 19.1 Å². The number of amides is 3. The molecule has 17 heavy (non-hydrogen) atoms. The summed E-state index contributed by atoms with van der Waals surface area (Å²) in [5, 5.41) is 2.33. The van der Waals surface area contributed by atoms with Gasteiger partial charge in [0.25, 0.3) is 5.91 Å². The van der Waals surface area contributed by atoms with Crippen molar-refractivity contribution in [1.82, 2.24) is 0 Å². The van der Waals surface area contributed by atoms with E-state index in [2.05, 4.69) is 10.1 Å². The third-order valence-corrected chi connectivity index (χ3v) is 1.73. The molecule has 1 aromatic carbocycles. The molecule has 0 bridgehead atoms. The summed E-state index contributed by atoms with van der Waals surface area (Å²) in [6.07, 6.45) is 0. The second-order valence-electron chi connectivity index (χ2n) is 3.11. The lowest BCUT2D eigenvalue weighted by Gasteiger charge is -2.04. The first-order valence-electron chi connectivity index (χ1n) is 4.61. The van der Waals surface area contributed by atoms with Crippen LogP contribution in [-0.2, 0) is 9.53 Å². The predicted molar refractivity (Wildman–Crippen MR) is 59.1 cm³/mol. The Morgan fingerprint density at radius 1 is 1.12 bits per heavy atom. The van der Waals surface area contributed by atoms with Gasteiger partial charge in [-0.1, -0.05) is 0 Å². The Labute approximate surface area is 96.7 Å². The highest BCUT2D eigenvalue weighted by molar-refractivity contribution is 5.92. The van der Waals surface area contributed by atoms with Crippen molar-refractivity contribution in [3.63, 3.8) is 0 Å². The Bertz CT molecular complexity index is 441. The molecule has 3 amide bonds. The van der Waals surface area contributed by atoms with Crippen LogP contribution in [-0.4, -0.2) is 24.5 Å². The minimum Gasteiger partial charge on any atom is -0.452 e. The number of hydrogen-bond acceptors (Lipinski definition) is 4. The van der Waals surface area contributed by atoms with E-state index in [0.717, 1.165) is 0 Å². The van der Waals surface area contributed by atoms with E-state index in [1.165, 1.54) is 24.3 Å². The van der Waals surface area contributed by atoms with E-state index < -0.39 is 24.5 Å². The molecular formula is C10H11N3O4. The molecule has 0 aliphatic carbocycles. The fraction of sp³-hybridized carbons (Fsp3) is 0.100. The van der Waals surface area contributed by atoms with Crippen LogP contribution in [0.5, 0.6) is 0 Å². The van der Waals surface area contributed by atoms with Crippen molar-refractivity contribution >= 4 is 23.6 Å². The van der Waals surface area contributed by atoms with Crippen LogP contribution < -0.4 is 16.8 Å². The van der Waals surface area contributed by atoms with Gasteiger partial charge >= 0.3 is 12.0 Å². The van der Waals surface area contributed by atoms with Crippen LogP contribution in [0.25, 0.3) is 0 Å². The van der Waals surface area contributed by atoms with Gasteiger partial charge in [0.05, 0.1) is 5.56 Å². The van der Waals surface area contributed by atoms with Crippen molar-refractivity contribution in [1.29, 1.82) is 0 Å². The third-order valence-electron chi connectivity index (χ3n) is 1.73. The van der Waals surface area contributed by atoms with E-state index in [1.54, 1.807) is 0 Å². The standard InChI is InChI=1S/C10H11N3O4/c11-8(14)5-17-9(15)6-1-3-7(4-2-6)13-10(12)16/h1-4H,5H2,(H2,11,14)(H3,12,13,16). The molecule has 0 heterocycles. The first kappa shape index (κ1) is 12.5. The molecule has 90 valence electrons. The Hall–Kier alpha value is -2.57. The Morgan fingerprint density at radius 2 is 1.71 bits per heavy atom. The van der Waals surface area contributed by atoms with Crippen LogP contribution in [0.1, 0.15) is 10.4 Å². The number of nitrogens with two attached hydrogens (primary N) is 2. The fourth-order valence-electron chi connectivity index (χ4n) is 1.05. The molecule has 0 fully saturated rings. The lowest BCUT2D eigenvalue weighted by molar-refractivity contribution is -0.121. The number of benzene rings is 1. The van der Waals surface area contributed by atoms with Gasteiger partial charge in [0, 0.05) is 5.69 Å². The van der Waals surface area contributed by atoms with Gasteiger partial charge in [0.1, 0.15) is 0 Å². The summed E-state index contributed by atoms with van der Waals surface area (Å²) in [4.78, 5) is 32.3. The number of hydrogen-bond donors (Lipinski definition) is 3. The molecule has 5 N–H and O–H groups in total. The lowest BCUT2D eigenvalue weighted by atomic mass is 10.2. The summed E-state index contributed by atoms with van der Waals surface area (Å²) in [5.74, 6) is -1.40. The van der Waals surface area contributed by atoms with Crippen LogP contribution in [0.15, 0.2) is 24.3 Å². The van der Waals surface area contributed by atoms with E-state index >= 15 is 0 Å². The summed E-state index contributed by atoms with van der Waals surface area (Å²) in [7, 11) is 0. The molecule has 0 radical (unpaired) electrons. The third kappa shape index (κ3) is 4.20. The van der Waals surface area contributed by atoms with E-state index in [-0.39, 0.29) is 5.56 Å². The SMILES string of the molecule is NC(=O)COC(=O)c1ccc(NC(N)=O)cc1. The summed E-state index contributed by atoms with van der Waals surface area (Å²) in [6, 6.07) is 5.11. The zero-order valence-corrected chi connectivity index (χ0v) is 8.80. The molecule has 0 atom stereocenters. The molecule has 0 unspecified atom stereocenters. The van der Waals surface area contributed by atoms with Crippen LogP contribution in [0.2, 0.25) is 0 Å². The number of ether oxygens (including phenoxy) is 1. The highest BCUT2D eigenvalue weighted by Crippen LogP contribution is 2.10. The van der Waals surface area contributed by atoms with Crippen molar-refractivity contribution in [2.45, 2.75) is 0 Å². The van der Waals surface area contributed by atoms with E-state index in [0.29, 0.717) is 5.69 Å². The van der Waals surface area contributed by atoms with Crippen LogP contribution in [0, 0.1) is 0 Å². The Kier molecular flexibility index (Phi) is 4.04. The second kappa shape index (κ2) is 5.50. The maximum Gasteiger partial charge on any atom is 0.338 e. The average Bonchev–Trinajstić information content (AvgIpc) is 2.26. The van der Waals surface area contributed by atoms with Crippen molar-refractivity contribution in [2.75, 3.05) is 11.9 Å². The number of rotatable bonds is 4. The number of urea groups is 1. The number of carbonyl (C=O) groups excluding carboxylic acids is 3. The summed E-state index contributed by atoms with van der Waals surface area (Å²) in [5.41, 5.74) is 10.4. The molecule has 0 spiro atoms. The smallest absolute Gasteiger partial charge is 0.338 e. The molecule has 7 nitrogen and oxygen atoms in total. The number of anilines is 1. The second-order valence-corrected chi connectivity index (χ2v) is 3.11. The zero-order valence-electron chi connectivity index (χ0n) is 8.80. The minimum atomic E-state index is -0.731. The van der Waals surface area contributed by atoms with E-state index in [9.17, 15) is 14.4 Å². The molecule has 0 aromatic heterocycles. The van der Waals surface area contributed by atoms with Gasteiger partial charge in [-0.3, -0.25) is 4.79 Å².